The highest BCUT2D eigenvalue weighted by atomic mass is 19.1. The van der Waals surface area contributed by atoms with Crippen LogP contribution in [-0.4, -0.2) is 52.6 Å². The number of hydrogen-bond acceptors (Lipinski definition) is 5. The molecule has 1 aromatic heterocycles. The Hall–Kier alpha value is -2.28. The van der Waals surface area contributed by atoms with Crippen molar-refractivity contribution in [2.45, 2.75) is 31.7 Å². The first-order valence-corrected chi connectivity index (χ1v) is 8.54. The maximum absolute atomic E-state index is 13.0. The molecule has 0 bridgehead atoms. The first-order chi connectivity index (χ1) is 12.1. The lowest BCUT2D eigenvalue weighted by Gasteiger charge is -2.33. The van der Waals surface area contributed by atoms with Gasteiger partial charge in [-0.25, -0.2) is 13.9 Å². The fourth-order valence-corrected chi connectivity index (χ4v) is 3.30. The monoisotopic (exact) mass is 346 g/mol. The first-order valence-electron chi connectivity index (χ1n) is 8.54. The normalized spacial score (nSPS) is 17.4. The zero-order chi connectivity index (χ0) is 17.8. The molecule has 1 aromatic carbocycles. The van der Waals surface area contributed by atoms with Gasteiger partial charge in [-0.1, -0.05) is 24.3 Å². The molecule has 6 nitrogen and oxygen atoms in total. The topological polar surface area (TPSA) is 60.2 Å². The molecule has 1 aliphatic rings. The van der Waals surface area contributed by atoms with Gasteiger partial charge >= 0.3 is 5.97 Å². The van der Waals surface area contributed by atoms with Gasteiger partial charge in [0.1, 0.15) is 5.82 Å². The number of esters is 1. The number of halogens is 1. The fraction of sp³-hybridized carbons (Fsp3) is 0.500. The summed E-state index contributed by atoms with van der Waals surface area (Å²) < 4.78 is 19.5. The summed E-state index contributed by atoms with van der Waals surface area (Å²) >= 11 is 0. The molecule has 0 amide bonds. The Morgan fingerprint density at radius 2 is 2.00 bits per heavy atom. The van der Waals surface area contributed by atoms with Crippen LogP contribution in [0.5, 0.6) is 0 Å². The quantitative estimate of drug-likeness (QED) is 0.779. The van der Waals surface area contributed by atoms with E-state index in [0.29, 0.717) is 5.92 Å². The summed E-state index contributed by atoms with van der Waals surface area (Å²) in [7, 11) is 1.34. The second kappa shape index (κ2) is 7.74. The third kappa shape index (κ3) is 4.22. The van der Waals surface area contributed by atoms with E-state index in [1.54, 1.807) is 10.9 Å². The third-order valence-electron chi connectivity index (χ3n) is 4.81. The number of rotatable bonds is 5. The highest BCUT2D eigenvalue weighted by Crippen LogP contribution is 2.24. The van der Waals surface area contributed by atoms with Crippen LogP contribution >= 0.6 is 0 Å². The number of carbonyl (C=O) groups excluding carboxylic acids is 1. The Labute approximate surface area is 146 Å². The number of ether oxygens (including phenoxy) is 1. The molecule has 3 rings (SSSR count). The molecule has 0 N–H and O–H groups in total. The minimum atomic E-state index is -0.461. The fourth-order valence-electron chi connectivity index (χ4n) is 3.30. The average Bonchev–Trinajstić information content (AvgIpc) is 3.12. The highest BCUT2D eigenvalue weighted by Gasteiger charge is 2.24. The van der Waals surface area contributed by atoms with Crippen molar-refractivity contribution in [3.8, 4) is 0 Å². The van der Waals surface area contributed by atoms with Crippen LogP contribution in [-0.2, 0) is 4.74 Å². The number of methoxy groups -OCH3 is 1. The van der Waals surface area contributed by atoms with Crippen LogP contribution in [0.15, 0.2) is 30.5 Å². The summed E-state index contributed by atoms with van der Waals surface area (Å²) in [6, 6.07) is 7.00. The van der Waals surface area contributed by atoms with E-state index in [1.807, 2.05) is 12.1 Å². The molecule has 1 atom stereocenters. The van der Waals surface area contributed by atoms with E-state index in [1.165, 1.54) is 19.2 Å². The van der Waals surface area contributed by atoms with Gasteiger partial charge in [0.2, 0.25) is 0 Å². The lowest BCUT2D eigenvalue weighted by Crippen LogP contribution is -2.37. The summed E-state index contributed by atoms with van der Waals surface area (Å²) in [6.07, 6.45) is 3.58. The molecule has 25 heavy (non-hydrogen) atoms. The Morgan fingerprint density at radius 1 is 1.32 bits per heavy atom. The molecular weight excluding hydrogens is 323 g/mol. The molecule has 7 heteroatoms. The molecule has 0 saturated carbocycles. The van der Waals surface area contributed by atoms with Crippen LogP contribution in [0, 0.1) is 5.82 Å². The van der Waals surface area contributed by atoms with Crippen molar-refractivity contribution in [3.63, 3.8) is 0 Å². The summed E-state index contributed by atoms with van der Waals surface area (Å²) in [5.74, 6) is -0.304. The Morgan fingerprint density at radius 3 is 2.64 bits per heavy atom. The second-order valence-corrected chi connectivity index (χ2v) is 6.56. The van der Waals surface area contributed by atoms with E-state index < -0.39 is 5.97 Å². The van der Waals surface area contributed by atoms with E-state index in [4.69, 9.17) is 0 Å². The first kappa shape index (κ1) is 17.5. The second-order valence-electron chi connectivity index (χ2n) is 6.56. The smallest absolute Gasteiger partial charge is 0.360 e. The molecule has 0 spiro atoms. The molecule has 1 fully saturated rings. The van der Waals surface area contributed by atoms with Crippen molar-refractivity contribution < 1.29 is 13.9 Å². The number of carbonyl (C=O) groups is 1. The summed E-state index contributed by atoms with van der Waals surface area (Å²) in [5.41, 5.74) is 1.40. The Bertz CT molecular complexity index is 708. The largest absolute Gasteiger partial charge is 0.464 e. The van der Waals surface area contributed by atoms with Gasteiger partial charge in [-0.2, -0.15) is 0 Å². The summed E-state index contributed by atoms with van der Waals surface area (Å²) in [6.45, 7) is 5.04. The number of benzene rings is 1. The van der Waals surface area contributed by atoms with Gasteiger partial charge in [0.05, 0.1) is 19.3 Å². The van der Waals surface area contributed by atoms with E-state index in [-0.39, 0.29) is 17.6 Å². The number of aromatic nitrogens is 3. The molecule has 1 saturated heterocycles. The Kier molecular flexibility index (Phi) is 5.43. The molecule has 1 aliphatic heterocycles. The standard InChI is InChI=1S/C18H23FN4O2/c1-13(14-3-5-15(19)6-4-14)11-22-9-7-16(8-10-22)23-12-17(20-21-23)18(24)25-2/h3-6,12-13,16H,7-11H2,1-2H3. The van der Waals surface area contributed by atoms with Crippen molar-refractivity contribution in [3.05, 3.63) is 47.5 Å². The molecular formula is C18H23FN4O2. The lowest BCUT2D eigenvalue weighted by atomic mass is 9.98. The average molecular weight is 346 g/mol. The van der Waals surface area contributed by atoms with Gasteiger partial charge in [0, 0.05) is 19.6 Å². The van der Waals surface area contributed by atoms with E-state index >= 15 is 0 Å². The van der Waals surface area contributed by atoms with Crippen molar-refractivity contribution in [1.82, 2.24) is 19.9 Å². The summed E-state index contributed by atoms with van der Waals surface area (Å²) in [4.78, 5) is 13.9. The van der Waals surface area contributed by atoms with Gasteiger partial charge in [0.25, 0.3) is 0 Å². The van der Waals surface area contributed by atoms with Crippen LogP contribution < -0.4 is 0 Å². The zero-order valence-electron chi connectivity index (χ0n) is 14.6. The zero-order valence-corrected chi connectivity index (χ0v) is 14.6. The Balaban J connectivity index is 1.52. The number of likely N-dealkylation sites (tertiary alicyclic amines) is 1. The van der Waals surface area contributed by atoms with Crippen LogP contribution in [0.2, 0.25) is 0 Å². The van der Waals surface area contributed by atoms with Crippen molar-refractivity contribution >= 4 is 5.97 Å². The predicted octanol–water partition coefficient (Wildman–Crippen LogP) is 2.64. The van der Waals surface area contributed by atoms with Gasteiger partial charge in [-0.3, -0.25) is 0 Å². The highest BCUT2D eigenvalue weighted by molar-refractivity contribution is 5.86. The molecule has 2 aromatic rings. The lowest BCUT2D eigenvalue weighted by molar-refractivity contribution is 0.0594. The van der Waals surface area contributed by atoms with Gasteiger partial charge in [-0.05, 0) is 36.5 Å². The molecule has 0 radical (unpaired) electrons. The predicted molar refractivity (Wildman–Crippen MR) is 90.9 cm³/mol. The van der Waals surface area contributed by atoms with Crippen LogP contribution in [0.1, 0.15) is 47.8 Å². The van der Waals surface area contributed by atoms with Crippen LogP contribution in [0.25, 0.3) is 0 Å². The maximum atomic E-state index is 13.0. The molecule has 0 aliphatic carbocycles. The third-order valence-corrected chi connectivity index (χ3v) is 4.81. The van der Waals surface area contributed by atoms with Crippen LogP contribution in [0.3, 0.4) is 0 Å². The molecule has 2 heterocycles. The number of piperidine rings is 1. The molecule has 1 unspecified atom stereocenters. The minimum absolute atomic E-state index is 0.198. The summed E-state index contributed by atoms with van der Waals surface area (Å²) in [5, 5.41) is 7.93. The van der Waals surface area contributed by atoms with E-state index in [0.717, 1.165) is 38.0 Å². The molecule has 134 valence electrons. The van der Waals surface area contributed by atoms with Gasteiger partial charge in [0.15, 0.2) is 5.69 Å². The SMILES string of the molecule is COC(=O)c1cn(C2CCN(CC(C)c3ccc(F)cc3)CC2)nn1. The van der Waals surface area contributed by atoms with Gasteiger partial charge < -0.3 is 9.64 Å². The minimum Gasteiger partial charge on any atom is -0.464 e. The van der Waals surface area contributed by atoms with Gasteiger partial charge in [-0.15, -0.1) is 5.10 Å². The van der Waals surface area contributed by atoms with Crippen molar-refractivity contribution in [2.75, 3.05) is 26.7 Å². The van der Waals surface area contributed by atoms with Crippen molar-refractivity contribution in [2.24, 2.45) is 0 Å². The number of nitrogens with zero attached hydrogens (tertiary/aromatic N) is 4. The van der Waals surface area contributed by atoms with E-state index in [9.17, 15) is 9.18 Å². The van der Waals surface area contributed by atoms with E-state index in [2.05, 4.69) is 26.9 Å². The maximum Gasteiger partial charge on any atom is 0.360 e. The van der Waals surface area contributed by atoms with Crippen LogP contribution in [0.4, 0.5) is 4.39 Å². The number of hydrogen-bond donors (Lipinski definition) is 0. The van der Waals surface area contributed by atoms with Crippen molar-refractivity contribution in [1.29, 1.82) is 0 Å².